The minimum atomic E-state index is -0.0149. The Kier molecular flexibility index (Phi) is 3.90. The van der Waals surface area contributed by atoms with E-state index < -0.39 is 0 Å². The summed E-state index contributed by atoms with van der Waals surface area (Å²) >= 11 is 6.29. The van der Waals surface area contributed by atoms with E-state index in [0.29, 0.717) is 5.02 Å². The Morgan fingerprint density at radius 1 is 1.12 bits per heavy atom. The van der Waals surface area contributed by atoms with E-state index in [9.17, 15) is 0 Å². The minimum absolute atomic E-state index is 0.0149. The highest BCUT2D eigenvalue weighted by molar-refractivity contribution is 6.31. The number of aromatic nitrogens is 3. The van der Waals surface area contributed by atoms with Crippen molar-refractivity contribution < 1.29 is 0 Å². The molecule has 0 fully saturated rings. The summed E-state index contributed by atoms with van der Waals surface area (Å²) in [5, 5.41) is 9.14. The summed E-state index contributed by atoms with van der Waals surface area (Å²) in [5.74, 6) is 0.881. The van der Waals surface area contributed by atoms with Gasteiger partial charge in [-0.1, -0.05) is 55.3 Å². The molecule has 0 saturated carbocycles. The molecule has 3 aromatic rings. The second kappa shape index (κ2) is 6.21. The van der Waals surface area contributed by atoms with Crippen molar-refractivity contribution in [1.82, 2.24) is 14.8 Å². The van der Waals surface area contributed by atoms with Crippen LogP contribution in [0.1, 0.15) is 42.8 Å². The lowest BCUT2D eigenvalue weighted by molar-refractivity contribution is 0.597. The lowest BCUT2D eigenvalue weighted by Crippen LogP contribution is -2.06. The summed E-state index contributed by atoms with van der Waals surface area (Å²) in [6.45, 7) is 2.16. The fourth-order valence-electron chi connectivity index (χ4n) is 3.14. The molecule has 0 unspecified atom stereocenters. The third kappa shape index (κ3) is 2.53. The fraction of sp³-hybridized carbons (Fsp3) is 0.211. The summed E-state index contributed by atoms with van der Waals surface area (Å²) in [6.07, 6.45) is 3.71. The molecule has 0 radical (unpaired) electrons. The highest BCUT2D eigenvalue weighted by atomic mass is 35.5. The molecule has 2 heterocycles. The molecule has 120 valence electrons. The van der Waals surface area contributed by atoms with Crippen LogP contribution in [0.4, 0.5) is 0 Å². The largest absolute Gasteiger partial charge is 0.283 e. The molecule has 0 bridgehead atoms. The third-order valence-electron chi connectivity index (χ3n) is 4.24. The Balaban J connectivity index is 2.00. The van der Waals surface area contributed by atoms with Gasteiger partial charge in [0.05, 0.1) is 11.4 Å². The molecule has 5 heteroatoms. The van der Waals surface area contributed by atoms with Gasteiger partial charge < -0.3 is 0 Å². The quantitative estimate of drug-likeness (QED) is 0.700. The first-order chi connectivity index (χ1) is 11.8. The summed E-state index contributed by atoms with van der Waals surface area (Å²) < 4.78 is 2.03. The van der Waals surface area contributed by atoms with Crippen LogP contribution in [0.5, 0.6) is 0 Å². The Morgan fingerprint density at radius 2 is 1.96 bits per heavy atom. The highest BCUT2D eigenvalue weighted by Crippen LogP contribution is 2.33. The molecule has 0 spiro atoms. The zero-order chi connectivity index (χ0) is 16.5. The van der Waals surface area contributed by atoms with E-state index in [1.54, 1.807) is 6.33 Å². The number of rotatable bonds is 3. The van der Waals surface area contributed by atoms with Crippen LogP contribution in [0.2, 0.25) is 5.02 Å². The van der Waals surface area contributed by atoms with Crippen LogP contribution >= 0.6 is 11.6 Å². The lowest BCUT2D eigenvalue weighted by atomic mass is 10.0. The average Bonchev–Trinajstić information content (AvgIpc) is 3.04. The SMILES string of the molecule is CCC[C@@H]1N=C(c2ccccc2)c2cc(Cl)ccc2-n2cnnc21. The molecule has 1 atom stereocenters. The Labute approximate surface area is 145 Å². The van der Waals surface area contributed by atoms with Crippen molar-refractivity contribution in [3.63, 3.8) is 0 Å². The number of hydrogen-bond donors (Lipinski definition) is 0. The first-order valence-electron chi connectivity index (χ1n) is 8.11. The van der Waals surface area contributed by atoms with Crippen LogP contribution < -0.4 is 0 Å². The van der Waals surface area contributed by atoms with Gasteiger partial charge in [0, 0.05) is 16.1 Å². The van der Waals surface area contributed by atoms with Crippen LogP contribution in [0, 0.1) is 0 Å². The fourth-order valence-corrected chi connectivity index (χ4v) is 3.31. The maximum absolute atomic E-state index is 6.29. The van der Waals surface area contributed by atoms with Gasteiger partial charge in [0.1, 0.15) is 12.4 Å². The van der Waals surface area contributed by atoms with Gasteiger partial charge in [0.25, 0.3) is 0 Å². The second-order valence-electron chi connectivity index (χ2n) is 5.87. The number of fused-ring (bicyclic) bond motifs is 3. The van der Waals surface area contributed by atoms with Crippen LogP contribution in [0.25, 0.3) is 5.69 Å². The first-order valence-corrected chi connectivity index (χ1v) is 8.49. The van der Waals surface area contributed by atoms with Gasteiger partial charge in [-0.2, -0.15) is 0 Å². The molecule has 24 heavy (non-hydrogen) atoms. The molecule has 4 rings (SSSR count). The van der Waals surface area contributed by atoms with E-state index in [1.807, 2.05) is 41.0 Å². The van der Waals surface area contributed by atoms with Crippen molar-refractivity contribution in [1.29, 1.82) is 0 Å². The van der Waals surface area contributed by atoms with Gasteiger partial charge in [-0.05, 0) is 24.6 Å². The average molecular weight is 337 g/mol. The van der Waals surface area contributed by atoms with E-state index in [2.05, 4.69) is 29.3 Å². The highest BCUT2D eigenvalue weighted by Gasteiger charge is 2.26. The predicted octanol–water partition coefficient (Wildman–Crippen LogP) is 4.61. The molecule has 4 nitrogen and oxygen atoms in total. The molecule has 2 aromatic carbocycles. The summed E-state index contributed by atoms with van der Waals surface area (Å²) in [6, 6.07) is 16.1. The van der Waals surface area contributed by atoms with E-state index in [1.165, 1.54) is 0 Å². The van der Waals surface area contributed by atoms with E-state index >= 15 is 0 Å². The molecule has 0 N–H and O–H groups in total. The Morgan fingerprint density at radius 3 is 2.75 bits per heavy atom. The standard InChI is InChI=1S/C19H17ClN4/c1-2-6-16-19-23-21-12-24(19)17-10-9-14(20)11-15(17)18(22-16)13-7-4-3-5-8-13/h3-5,7-12,16H,2,6H2,1H3/t16-/m0/s1. The van der Waals surface area contributed by atoms with Crippen LogP contribution in [0.15, 0.2) is 59.9 Å². The summed E-state index contributed by atoms with van der Waals surface area (Å²) in [7, 11) is 0. The molecule has 0 aliphatic carbocycles. The van der Waals surface area contributed by atoms with Crippen molar-refractivity contribution in [2.24, 2.45) is 4.99 Å². The number of halogens is 1. The minimum Gasteiger partial charge on any atom is -0.283 e. The number of hydrogen-bond acceptors (Lipinski definition) is 3. The molecule has 0 saturated heterocycles. The first kappa shape index (κ1) is 15.1. The van der Waals surface area contributed by atoms with Gasteiger partial charge in [-0.25, -0.2) is 0 Å². The van der Waals surface area contributed by atoms with E-state index in [4.69, 9.17) is 16.6 Å². The zero-order valence-electron chi connectivity index (χ0n) is 13.4. The Hall–Kier alpha value is -2.46. The van der Waals surface area contributed by atoms with E-state index in [-0.39, 0.29) is 6.04 Å². The normalized spacial score (nSPS) is 16.1. The van der Waals surface area contributed by atoms with Gasteiger partial charge in [0.15, 0.2) is 5.82 Å². The smallest absolute Gasteiger partial charge is 0.162 e. The van der Waals surface area contributed by atoms with Crippen LogP contribution in [-0.4, -0.2) is 20.5 Å². The molecule has 1 aromatic heterocycles. The number of aliphatic imine (C=N–C) groups is 1. The topological polar surface area (TPSA) is 43.1 Å². The monoisotopic (exact) mass is 336 g/mol. The third-order valence-corrected chi connectivity index (χ3v) is 4.47. The van der Waals surface area contributed by atoms with Crippen molar-refractivity contribution in [2.75, 3.05) is 0 Å². The molecule has 1 aliphatic rings. The maximum Gasteiger partial charge on any atom is 0.162 e. The van der Waals surface area contributed by atoms with Crippen molar-refractivity contribution in [3.8, 4) is 5.69 Å². The lowest BCUT2D eigenvalue weighted by Gasteiger charge is -2.11. The van der Waals surface area contributed by atoms with Crippen LogP contribution in [0.3, 0.4) is 0 Å². The van der Waals surface area contributed by atoms with Gasteiger partial charge >= 0.3 is 0 Å². The summed E-state index contributed by atoms with van der Waals surface area (Å²) in [4.78, 5) is 5.07. The second-order valence-corrected chi connectivity index (χ2v) is 6.31. The number of benzene rings is 2. The zero-order valence-corrected chi connectivity index (χ0v) is 14.1. The van der Waals surface area contributed by atoms with Crippen molar-refractivity contribution >= 4 is 17.3 Å². The number of nitrogens with zero attached hydrogens (tertiary/aromatic N) is 4. The van der Waals surface area contributed by atoms with Gasteiger partial charge in [-0.3, -0.25) is 9.56 Å². The van der Waals surface area contributed by atoms with Gasteiger partial charge in [-0.15, -0.1) is 10.2 Å². The van der Waals surface area contributed by atoms with Gasteiger partial charge in [0.2, 0.25) is 0 Å². The van der Waals surface area contributed by atoms with Crippen LogP contribution in [-0.2, 0) is 0 Å². The van der Waals surface area contributed by atoms with E-state index in [0.717, 1.165) is 41.2 Å². The summed E-state index contributed by atoms with van der Waals surface area (Å²) in [5.41, 5.74) is 4.06. The predicted molar refractivity (Wildman–Crippen MR) is 96.1 cm³/mol. The molecular formula is C19H17ClN4. The molecule has 0 amide bonds. The molecule has 1 aliphatic heterocycles. The van der Waals surface area contributed by atoms with Crippen molar-refractivity contribution in [3.05, 3.63) is 76.8 Å². The van der Waals surface area contributed by atoms with Crippen molar-refractivity contribution in [2.45, 2.75) is 25.8 Å². The molecular weight excluding hydrogens is 320 g/mol. The maximum atomic E-state index is 6.29. The Bertz CT molecular complexity index is 899.